The predicted octanol–water partition coefficient (Wildman–Crippen LogP) is 2.45. The van der Waals surface area contributed by atoms with E-state index in [0.717, 1.165) is 22.3 Å². The lowest BCUT2D eigenvalue weighted by Crippen LogP contribution is -2.68. The molecule has 2 aromatic carbocycles. The van der Waals surface area contributed by atoms with Crippen LogP contribution < -0.4 is 0 Å². The summed E-state index contributed by atoms with van der Waals surface area (Å²) < 4.78 is 0. The van der Waals surface area contributed by atoms with Gasteiger partial charge < -0.3 is 0 Å². The second kappa shape index (κ2) is 4.63. The minimum atomic E-state index is -0.862. The average molecular weight is 323 g/mol. The molecule has 0 N–H and O–H groups in total. The second-order valence-corrected chi connectivity index (χ2v) is 6.36. The maximum absolute atomic E-state index is 13.4. The zero-order valence-electron chi connectivity index (χ0n) is 13.3. The van der Waals surface area contributed by atoms with Crippen LogP contribution in [0.2, 0.25) is 0 Å². The van der Waals surface area contributed by atoms with Gasteiger partial charge in [-0.15, -0.1) is 0 Å². The van der Waals surface area contributed by atoms with Crippen LogP contribution in [0.1, 0.15) is 11.1 Å². The normalized spacial score (nSPS) is 19.3. The summed E-state index contributed by atoms with van der Waals surface area (Å²) in [5.41, 5.74) is 3.37. The number of amides is 1. The van der Waals surface area contributed by atoms with Gasteiger partial charge in [-0.05, 0) is 34.5 Å². The van der Waals surface area contributed by atoms with Crippen molar-refractivity contribution in [2.75, 3.05) is 21.1 Å². The van der Waals surface area contributed by atoms with Gasteiger partial charge in [0.05, 0.1) is 0 Å². The highest BCUT2D eigenvalue weighted by molar-refractivity contribution is 7.80. The van der Waals surface area contributed by atoms with Crippen molar-refractivity contribution in [3.05, 3.63) is 59.7 Å². The Labute approximate surface area is 140 Å². The lowest BCUT2D eigenvalue weighted by atomic mass is 9.84. The summed E-state index contributed by atoms with van der Waals surface area (Å²) in [5, 5.41) is 4.34. The third-order valence-electron chi connectivity index (χ3n) is 5.04. The Bertz CT molecular complexity index is 802. The van der Waals surface area contributed by atoms with Gasteiger partial charge in [0.1, 0.15) is 0 Å². The molecule has 1 spiro atoms. The van der Waals surface area contributed by atoms with Crippen molar-refractivity contribution in [2.24, 2.45) is 0 Å². The number of rotatable bonds is 0. The molecule has 2 aromatic rings. The SMILES string of the molecule is CN1C(=O)C2(c3ccccc3-c3ccccc32)N(C)N(C)C1=S. The summed E-state index contributed by atoms with van der Waals surface area (Å²) in [6.07, 6.45) is 0. The van der Waals surface area contributed by atoms with E-state index in [2.05, 4.69) is 12.1 Å². The molecule has 1 saturated heterocycles. The molecule has 0 aromatic heterocycles. The maximum Gasteiger partial charge on any atom is 0.260 e. The highest BCUT2D eigenvalue weighted by Gasteiger charge is 2.58. The fraction of sp³-hybridized carbons (Fsp3) is 0.222. The predicted molar refractivity (Wildman–Crippen MR) is 93.6 cm³/mol. The van der Waals surface area contributed by atoms with Gasteiger partial charge in [-0.25, -0.2) is 0 Å². The fourth-order valence-corrected chi connectivity index (χ4v) is 4.03. The average Bonchev–Trinajstić information content (AvgIpc) is 2.89. The van der Waals surface area contributed by atoms with E-state index < -0.39 is 5.54 Å². The Balaban J connectivity index is 2.11. The third kappa shape index (κ3) is 1.53. The van der Waals surface area contributed by atoms with Crippen molar-refractivity contribution in [2.45, 2.75) is 5.54 Å². The molecule has 1 fully saturated rings. The maximum atomic E-state index is 13.4. The standard InChI is InChI=1S/C18H17N3OS/c1-19-16(22)18(21(3)20(2)17(19)23)14-10-6-4-8-12(14)13-9-5-7-11-15(13)18/h4-11H,1-3H3. The first-order valence-corrected chi connectivity index (χ1v) is 7.91. The third-order valence-corrected chi connectivity index (χ3v) is 5.58. The largest absolute Gasteiger partial charge is 0.289 e. The topological polar surface area (TPSA) is 26.8 Å². The molecule has 2 aliphatic rings. The zero-order valence-corrected chi connectivity index (χ0v) is 14.1. The molecule has 0 bridgehead atoms. The van der Waals surface area contributed by atoms with E-state index in [1.165, 1.54) is 0 Å². The number of fused-ring (bicyclic) bond motifs is 5. The number of thiocarbonyl (C=S) groups is 1. The van der Waals surface area contributed by atoms with Crippen LogP contribution in [0.25, 0.3) is 11.1 Å². The molecule has 1 amide bonds. The van der Waals surface area contributed by atoms with E-state index in [0.29, 0.717) is 5.11 Å². The Kier molecular flexibility index (Phi) is 2.89. The Morgan fingerprint density at radius 1 is 0.870 bits per heavy atom. The van der Waals surface area contributed by atoms with Gasteiger partial charge in [0.2, 0.25) is 0 Å². The summed E-state index contributed by atoms with van der Waals surface area (Å²) in [6.45, 7) is 0. The molecule has 0 unspecified atom stereocenters. The highest BCUT2D eigenvalue weighted by Crippen LogP contribution is 2.52. The quantitative estimate of drug-likeness (QED) is 0.696. The van der Waals surface area contributed by atoms with E-state index in [-0.39, 0.29) is 5.91 Å². The van der Waals surface area contributed by atoms with Crippen LogP contribution >= 0.6 is 12.2 Å². The number of hydrogen-bond acceptors (Lipinski definition) is 3. The van der Waals surface area contributed by atoms with Crippen LogP contribution in [0.5, 0.6) is 0 Å². The van der Waals surface area contributed by atoms with E-state index in [1.54, 1.807) is 11.9 Å². The molecule has 0 radical (unpaired) electrons. The van der Waals surface area contributed by atoms with Crippen molar-refractivity contribution >= 4 is 23.2 Å². The van der Waals surface area contributed by atoms with Gasteiger partial charge in [0.25, 0.3) is 5.91 Å². The van der Waals surface area contributed by atoms with Gasteiger partial charge in [-0.2, -0.15) is 5.01 Å². The Hall–Kier alpha value is -2.24. The summed E-state index contributed by atoms with van der Waals surface area (Å²) in [4.78, 5) is 15.0. The Morgan fingerprint density at radius 2 is 1.35 bits per heavy atom. The van der Waals surface area contributed by atoms with Crippen LogP contribution in [-0.2, 0) is 10.3 Å². The zero-order chi connectivity index (χ0) is 16.4. The molecule has 1 aliphatic heterocycles. The van der Waals surface area contributed by atoms with Crippen LogP contribution in [0.3, 0.4) is 0 Å². The lowest BCUT2D eigenvalue weighted by Gasteiger charge is -2.51. The molecule has 23 heavy (non-hydrogen) atoms. The molecule has 4 rings (SSSR count). The number of hydrazine groups is 1. The van der Waals surface area contributed by atoms with E-state index in [4.69, 9.17) is 12.2 Å². The number of benzene rings is 2. The first-order chi connectivity index (χ1) is 11.0. The molecule has 4 nitrogen and oxygen atoms in total. The van der Waals surface area contributed by atoms with Crippen molar-refractivity contribution in [3.63, 3.8) is 0 Å². The van der Waals surface area contributed by atoms with Gasteiger partial charge in [-0.1, -0.05) is 48.5 Å². The van der Waals surface area contributed by atoms with Gasteiger partial charge in [-0.3, -0.25) is 14.7 Å². The lowest BCUT2D eigenvalue weighted by molar-refractivity contribution is -0.151. The van der Waals surface area contributed by atoms with Gasteiger partial charge in [0.15, 0.2) is 10.7 Å². The van der Waals surface area contributed by atoms with E-state index >= 15 is 0 Å². The van der Waals surface area contributed by atoms with E-state index in [9.17, 15) is 4.79 Å². The minimum absolute atomic E-state index is 0.0134. The molecule has 1 aliphatic carbocycles. The number of nitrogens with zero attached hydrogens (tertiary/aromatic N) is 3. The van der Waals surface area contributed by atoms with Crippen molar-refractivity contribution in [1.29, 1.82) is 0 Å². The number of carbonyl (C=O) groups excluding carboxylic acids is 1. The molecular weight excluding hydrogens is 306 g/mol. The first kappa shape index (κ1) is 14.4. The van der Waals surface area contributed by atoms with Crippen molar-refractivity contribution < 1.29 is 4.79 Å². The summed E-state index contributed by atoms with van der Waals surface area (Å²) in [7, 11) is 5.58. The molecular formula is C18H17N3OS. The summed E-state index contributed by atoms with van der Waals surface area (Å²) >= 11 is 5.41. The summed E-state index contributed by atoms with van der Waals surface area (Å²) in [6, 6.07) is 16.2. The molecule has 1 heterocycles. The summed E-state index contributed by atoms with van der Waals surface area (Å²) in [5.74, 6) is -0.0134. The smallest absolute Gasteiger partial charge is 0.260 e. The van der Waals surface area contributed by atoms with Crippen LogP contribution in [0.4, 0.5) is 0 Å². The first-order valence-electron chi connectivity index (χ1n) is 7.50. The second-order valence-electron chi connectivity index (χ2n) is 6.00. The Morgan fingerprint density at radius 3 is 1.87 bits per heavy atom. The van der Waals surface area contributed by atoms with Gasteiger partial charge in [0, 0.05) is 21.1 Å². The van der Waals surface area contributed by atoms with Gasteiger partial charge >= 0.3 is 0 Å². The van der Waals surface area contributed by atoms with E-state index in [1.807, 2.05) is 60.5 Å². The van der Waals surface area contributed by atoms with Crippen LogP contribution in [0, 0.1) is 0 Å². The number of hydrogen-bond donors (Lipinski definition) is 0. The highest BCUT2D eigenvalue weighted by atomic mass is 32.1. The number of carbonyl (C=O) groups is 1. The van der Waals surface area contributed by atoms with Crippen LogP contribution in [0.15, 0.2) is 48.5 Å². The molecule has 0 atom stereocenters. The van der Waals surface area contributed by atoms with Crippen molar-refractivity contribution in [3.8, 4) is 11.1 Å². The molecule has 116 valence electrons. The monoisotopic (exact) mass is 323 g/mol. The molecule has 0 saturated carbocycles. The van der Waals surface area contributed by atoms with Crippen LogP contribution in [-0.4, -0.2) is 47.1 Å². The minimum Gasteiger partial charge on any atom is -0.289 e. The van der Waals surface area contributed by atoms with Crippen molar-refractivity contribution in [1.82, 2.24) is 14.9 Å². The fourth-order valence-electron chi connectivity index (χ4n) is 3.83. The number of likely N-dealkylation sites (N-methyl/N-ethyl adjacent to an activating group) is 2. The molecule has 5 heteroatoms.